The second kappa shape index (κ2) is 5.65. The quantitative estimate of drug-likeness (QED) is 0.847. The second-order valence-electron chi connectivity index (χ2n) is 5.18. The Bertz CT molecular complexity index is 631. The molecular weight excluding hydrogens is 273 g/mol. The third-order valence-corrected chi connectivity index (χ3v) is 3.65. The molecule has 3 rings (SSSR count). The molecular formula is C15H16FN3O2. The highest BCUT2D eigenvalue weighted by molar-refractivity contribution is 5.92. The monoisotopic (exact) mass is 289 g/mol. The van der Waals surface area contributed by atoms with Crippen molar-refractivity contribution in [3.8, 4) is 11.3 Å². The fourth-order valence-corrected chi connectivity index (χ4v) is 2.30. The molecule has 1 aromatic carbocycles. The Balaban J connectivity index is 1.75. The molecule has 5 nitrogen and oxygen atoms in total. The Morgan fingerprint density at radius 2 is 1.86 bits per heavy atom. The minimum Gasteiger partial charge on any atom is -0.350 e. The average Bonchev–Trinajstić information content (AvgIpc) is 2.98. The van der Waals surface area contributed by atoms with E-state index in [1.165, 1.54) is 12.1 Å². The molecule has 110 valence electrons. The zero-order chi connectivity index (χ0) is 14.8. The van der Waals surface area contributed by atoms with Gasteiger partial charge in [0.05, 0.1) is 0 Å². The Morgan fingerprint density at radius 1 is 1.19 bits per heavy atom. The van der Waals surface area contributed by atoms with Crippen molar-refractivity contribution in [3.05, 3.63) is 41.9 Å². The third kappa shape index (κ3) is 2.95. The number of benzene rings is 1. The second-order valence-corrected chi connectivity index (χ2v) is 5.18. The topological polar surface area (TPSA) is 49.6 Å². The number of rotatable bonds is 2. The maximum atomic E-state index is 12.9. The first-order chi connectivity index (χ1) is 10.1. The SMILES string of the molecule is CN1CCN(C(=O)c2cc(-c3ccc(F)cc3)no2)CC1. The van der Waals surface area contributed by atoms with Gasteiger partial charge in [-0.15, -0.1) is 0 Å². The summed E-state index contributed by atoms with van der Waals surface area (Å²) in [6.45, 7) is 3.07. The number of carbonyl (C=O) groups is 1. The summed E-state index contributed by atoms with van der Waals surface area (Å²) >= 11 is 0. The van der Waals surface area contributed by atoms with E-state index in [9.17, 15) is 9.18 Å². The molecule has 1 fully saturated rings. The van der Waals surface area contributed by atoms with Crippen LogP contribution in [-0.4, -0.2) is 54.1 Å². The van der Waals surface area contributed by atoms with E-state index in [4.69, 9.17) is 4.52 Å². The van der Waals surface area contributed by atoms with Gasteiger partial charge in [0.1, 0.15) is 11.5 Å². The molecule has 1 aliphatic heterocycles. The lowest BCUT2D eigenvalue weighted by atomic mass is 10.1. The van der Waals surface area contributed by atoms with Crippen LogP contribution in [0, 0.1) is 5.82 Å². The van der Waals surface area contributed by atoms with E-state index < -0.39 is 0 Å². The maximum absolute atomic E-state index is 12.9. The predicted octanol–water partition coefficient (Wildman–Crippen LogP) is 1.87. The number of hydrogen-bond acceptors (Lipinski definition) is 4. The third-order valence-electron chi connectivity index (χ3n) is 3.65. The molecule has 1 aromatic heterocycles. The zero-order valence-electron chi connectivity index (χ0n) is 11.8. The van der Waals surface area contributed by atoms with Crippen LogP contribution in [-0.2, 0) is 0 Å². The number of halogens is 1. The summed E-state index contributed by atoms with van der Waals surface area (Å²) in [6, 6.07) is 7.53. The normalized spacial score (nSPS) is 16.2. The number of carbonyl (C=O) groups excluding carboxylic acids is 1. The summed E-state index contributed by atoms with van der Waals surface area (Å²) in [5.41, 5.74) is 1.25. The van der Waals surface area contributed by atoms with Gasteiger partial charge in [-0.05, 0) is 31.3 Å². The van der Waals surface area contributed by atoms with Gasteiger partial charge >= 0.3 is 0 Å². The molecule has 0 saturated carbocycles. The number of nitrogens with zero attached hydrogens (tertiary/aromatic N) is 3. The van der Waals surface area contributed by atoms with Crippen LogP contribution in [0.4, 0.5) is 4.39 Å². The lowest BCUT2D eigenvalue weighted by molar-refractivity contribution is 0.0623. The smallest absolute Gasteiger partial charge is 0.292 e. The van der Waals surface area contributed by atoms with Crippen molar-refractivity contribution in [2.45, 2.75) is 0 Å². The standard InChI is InChI=1S/C15H16FN3O2/c1-18-6-8-19(9-7-18)15(20)14-10-13(17-21-14)11-2-4-12(16)5-3-11/h2-5,10H,6-9H2,1H3. The van der Waals surface area contributed by atoms with Crippen molar-refractivity contribution in [3.63, 3.8) is 0 Å². The molecule has 0 atom stereocenters. The van der Waals surface area contributed by atoms with Crippen LogP contribution in [0.15, 0.2) is 34.9 Å². The number of aromatic nitrogens is 1. The molecule has 1 amide bonds. The maximum Gasteiger partial charge on any atom is 0.292 e. The fraction of sp³-hybridized carbons (Fsp3) is 0.333. The van der Waals surface area contributed by atoms with Crippen LogP contribution in [0.3, 0.4) is 0 Å². The predicted molar refractivity (Wildman–Crippen MR) is 75.3 cm³/mol. The molecule has 0 radical (unpaired) electrons. The zero-order valence-corrected chi connectivity index (χ0v) is 11.8. The molecule has 0 N–H and O–H groups in total. The summed E-state index contributed by atoms with van der Waals surface area (Å²) in [7, 11) is 2.03. The van der Waals surface area contributed by atoms with E-state index in [1.807, 2.05) is 7.05 Å². The van der Waals surface area contributed by atoms with Gasteiger partial charge in [0, 0.05) is 37.8 Å². The molecule has 21 heavy (non-hydrogen) atoms. The molecule has 0 aliphatic carbocycles. The Morgan fingerprint density at radius 3 is 2.52 bits per heavy atom. The average molecular weight is 289 g/mol. The lowest BCUT2D eigenvalue weighted by Gasteiger charge is -2.31. The van der Waals surface area contributed by atoms with Crippen molar-refractivity contribution in [2.24, 2.45) is 0 Å². The number of amides is 1. The van der Waals surface area contributed by atoms with Crippen LogP contribution >= 0.6 is 0 Å². The van der Waals surface area contributed by atoms with Gasteiger partial charge in [-0.3, -0.25) is 4.79 Å². The summed E-state index contributed by atoms with van der Waals surface area (Å²) in [5, 5.41) is 3.89. The summed E-state index contributed by atoms with van der Waals surface area (Å²) in [5.74, 6) is -0.237. The van der Waals surface area contributed by atoms with Crippen molar-refractivity contribution >= 4 is 5.91 Å². The highest BCUT2D eigenvalue weighted by Crippen LogP contribution is 2.20. The number of likely N-dealkylation sites (N-methyl/N-ethyl adjacent to an activating group) is 1. The molecule has 0 bridgehead atoms. The Kier molecular flexibility index (Phi) is 3.70. The van der Waals surface area contributed by atoms with Crippen LogP contribution in [0.2, 0.25) is 0 Å². The summed E-state index contributed by atoms with van der Waals surface area (Å²) in [4.78, 5) is 16.3. The fourth-order valence-electron chi connectivity index (χ4n) is 2.30. The van der Waals surface area contributed by atoms with Crippen molar-refractivity contribution in [1.82, 2.24) is 15.0 Å². The first kappa shape index (κ1) is 13.8. The van der Waals surface area contributed by atoms with Crippen LogP contribution < -0.4 is 0 Å². The molecule has 1 aliphatic rings. The molecule has 1 saturated heterocycles. The number of piperazine rings is 1. The first-order valence-electron chi connectivity index (χ1n) is 6.84. The highest BCUT2D eigenvalue weighted by atomic mass is 19.1. The molecule has 0 unspecified atom stereocenters. The van der Waals surface area contributed by atoms with Crippen molar-refractivity contribution in [1.29, 1.82) is 0 Å². The van der Waals surface area contributed by atoms with Gasteiger partial charge in [-0.25, -0.2) is 4.39 Å². The van der Waals surface area contributed by atoms with Gasteiger partial charge < -0.3 is 14.3 Å². The minimum atomic E-state index is -0.309. The Labute approximate surface area is 121 Å². The summed E-state index contributed by atoms with van der Waals surface area (Å²) < 4.78 is 18.0. The van der Waals surface area contributed by atoms with E-state index in [0.717, 1.165) is 18.7 Å². The Hall–Kier alpha value is -2.21. The molecule has 2 aromatic rings. The van der Waals surface area contributed by atoms with Crippen molar-refractivity contribution < 1.29 is 13.7 Å². The van der Waals surface area contributed by atoms with Crippen LogP contribution in [0.25, 0.3) is 11.3 Å². The van der Waals surface area contributed by atoms with Gasteiger partial charge in [0.25, 0.3) is 5.91 Å². The van der Waals surface area contributed by atoms with Crippen molar-refractivity contribution in [2.75, 3.05) is 33.2 Å². The van der Waals surface area contributed by atoms with E-state index in [2.05, 4.69) is 10.1 Å². The summed E-state index contributed by atoms with van der Waals surface area (Å²) in [6.07, 6.45) is 0. The van der Waals surface area contributed by atoms with Crippen LogP contribution in [0.5, 0.6) is 0 Å². The van der Waals surface area contributed by atoms with Gasteiger partial charge in [0.2, 0.25) is 5.76 Å². The van der Waals surface area contributed by atoms with E-state index >= 15 is 0 Å². The minimum absolute atomic E-state index is 0.149. The molecule has 6 heteroatoms. The van der Waals surface area contributed by atoms with E-state index in [-0.39, 0.29) is 17.5 Å². The van der Waals surface area contributed by atoms with Gasteiger partial charge in [0.15, 0.2) is 0 Å². The van der Waals surface area contributed by atoms with Crippen LogP contribution in [0.1, 0.15) is 10.6 Å². The highest BCUT2D eigenvalue weighted by Gasteiger charge is 2.23. The van der Waals surface area contributed by atoms with Gasteiger partial charge in [-0.1, -0.05) is 5.16 Å². The molecule has 0 spiro atoms. The molecule has 2 heterocycles. The first-order valence-corrected chi connectivity index (χ1v) is 6.84. The lowest BCUT2D eigenvalue weighted by Crippen LogP contribution is -2.47. The van der Waals surface area contributed by atoms with Gasteiger partial charge in [-0.2, -0.15) is 0 Å². The largest absolute Gasteiger partial charge is 0.350 e. The number of hydrogen-bond donors (Lipinski definition) is 0. The van der Waals surface area contributed by atoms with E-state index in [0.29, 0.717) is 18.8 Å². The van der Waals surface area contributed by atoms with E-state index in [1.54, 1.807) is 23.1 Å².